The summed E-state index contributed by atoms with van der Waals surface area (Å²) in [4.78, 5) is 17.4. The summed E-state index contributed by atoms with van der Waals surface area (Å²) in [6.45, 7) is 6.12. The Morgan fingerprint density at radius 3 is 2.63 bits per heavy atom. The molecule has 1 heterocycles. The summed E-state index contributed by atoms with van der Waals surface area (Å²) in [5.41, 5.74) is 0.550. The standard InChI is InChI=1S/C14H19NO4/c1-3-17-12-7-6-11(10-13(12)18-4-2)14(16)15-8-5-9-19-15/h6-7,10H,3-5,8-9H2,1-2H3. The molecule has 1 aromatic rings. The third kappa shape index (κ3) is 3.17. The van der Waals surface area contributed by atoms with Gasteiger partial charge in [0.15, 0.2) is 11.5 Å². The number of hydrogen-bond donors (Lipinski definition) is 0. The van der Waals surface area contributed by atoms with Gasteiger partial charge in [0.05, 0.1) is 26.4 Å². The maximum absolute atomic E-state index is 12.2. The predicted molar refractivity (Wildman–Crippen MR) is 70.4 cm³/mol. The molecule has 5 nitrogen and oxygen atoms in total. The number of carbonyl (C=O) groups is 1. The molecule has 5 heteroatoms. The Balaban J connectivity index is 2.21. The van der Waals surface area contributed by atoms with Crippen molar-refractivity contribution in [2.24, 2.45) is 0 Å². The molecule has 0 aromatic heterocycles. The minimum Gasteiger partial charge on any atom is -0.490 e. The molecule has 1 fully saturated rings. The fourth-order valence-electron chi connectivity index (χ4n) is 1.94. The quantitative estimate of drug-likeness (QED) is 0.819. The third-order valence-corrected chi connectivity index (χ3v) is 2.77. The van der Waals surface area contributed by atoms with E-state index in [0.717, 1.165) is 6.42 Å². The molecule has 0 N–H and O–H groups in total. The summed E-state index contributed by atoms with van der Waals surface area (Å²) >= 11 is 0. The van der Waals surface area contributed by atoms with Gasteiger partial charge in [0.2, 0.25) is 0 Å². The SMILES string of the molecule is CCOc1ccc(C(=O)N2CCCO2)cc1OCC. The van der Waals surface area contributed by atoms with Crippen molar-refractivity contribution in [3.05, 3.63) is 23.8 Å². The molecule has 0 spiro atoms. The molecule has 2 rings (SSSR count). The van der Waals surface area contributed by atoms with Crippen LogP contribution in [0.5, 0.6) is 11.5 Å². The van der Waals surface area contributed by atoms with Crippen molar-refractivity contribution < 1.29 is 19.1 Å². The van der Waals surface area contributed by atoms with Gasteiger partial charge in [-0.3, -0.25) is 9.63 Å². The zero-order valence-corrected chi connectivity index (χ0v) is 11.3. The Kier molecular flexibility index (Phi) is 4.63. The molecule has 0 atom stereocenters. The second-order valence-electron chi connectivity index (χ2n) is 4.12. The van der Waals surface area contributed by atoms with E-state index in [1.54, 1.807) is 18.2 Å². The minimum absolute atomic E-state index is 0.137. The van der Waals surface area contributed by atoms with Crippen LogP contribution in [0.3, 0.4) is 0 Å². The molecule has 1 amide bonds. The molecular weight excluding hydrogens is 246 g/mol. The molecule has 0 radical (unpaired) electrons. The first-order valence-corrected chi connectivity index (χ1v) is 6.60. The summed E-state index contributed by atoms with van der Waals surface area (Å²) in [7, 11) is 0. The van der Waals surface area contributed by atoms with Crippen molar-refractivity contribution in [2.75, 3.05) is 26.4 Å². The summed E-state index contributed by atoms with van der Waals surface area (Å²) in [5.74, 6) is 1.11. The van der Waals surface area contributed by atoms with Gasteiger partial charge in [0.1, 0.15) is 0 Å². The average Bonchev–Trinajstić information content (AvgIpc) is 2.94. The molecule has 1 saturated heterocycles. The first-order chi connectivity index (χ1) is 9.26. The number of ether oxygens (including phenoxy) is 2. The van der Waals surface area contributed by atoms with Crippen molar-refractivity contribution in [2.45, 2.75) is 20.3 Å². The van der Waals surface area contributed by atoms with E-state index >= 15 is 0 Å². The number of benzene rings is 1. The number of rotatable bonds is 5. The highest BCUT2D eigenvalue weighted by Gasteiger charge is 2.22. The van der Waals surface area contributed by atoms with Gasteiger partial charge in [-0.05, 0) is 38.5 Å². The van der Waals surface area contributed by atoms with Gasteiger partial charge in [-0.15, -0.1) is 0 Å². The normalized spacial score (nSPS) is 14.5. The first-order valence-electron chi connectivity index (χ1n) is 6.60. The monoisotopic (exact) mass is 265 g/mol. The molecule has 1 aromatic carbocycles. The first kappa shape index (κ1) is 13.7. The fourth-order valence-corrected chi connectivity index (χ4v) is 1.94. The lowest BCUT2D eigenvalue weighted by Gasteiger charge is -2.16. The van der Waals surface area contributed by atoms with Crippen molar-refractivity contribution in [3.63, 3.8) is 0 Å². The predicted octanol–water partition coefficient (Wildman–Crippen LogP) is 2.26. The zero-order chi connectivity index (χ0) is 13.7. The highest BCUT2D eigenvalue weighted by molar-refractivity contribution is 5.94. The van der Waals surface area contributed by atoms with Crippen molar-refractivity contribution in [1.82, 2.24) is 5.06 Å². The van der Waals surface area contributed by atoms with Gasteiger partial charge in [-0.1, -0.05) is 0 Å². The van der Waals surface area contributed by atoms with Crippen LogP contribution in [0, 0.1) is 0 Å². The van der Waals surface area contributed by atoms with Crippen molar-refractivity contribution in [3.8, 4) is 11.5 Å². The number of hydroxylamine groups is 2. The van der Waals surface area contributed by atoms with Crippen LogP contribution in [0.25, 0.3) is 0 Å². The smallest absolute Gasteiger partial charge is 0.277 e. The van der Waals surface area contributed by atoms with Gasteiger partial charge < -0.3 is 9.47 Å². The Labute approximate surface area is 113 Å². The number of hydrogen-bond acceptors (Lipinski definition) is 4. The Bertz CT molecular complexity index is 441. The molecule has 19 heavy (non-hydrogen) atoms. The Morgan fingerprint density at radius 2 is 2.00 bits per heavy atom. The van der Waals surface area contributed by atoms with Crippen LogP contribution in [0.4, 0.5) is 0 Å². The van der Waals surface area contributed by atoms with Crippen LogP contribution in [0.15, 0.2) is 18.2 Å². The van der Waals surface area contributed by atoms with Crippen LogP contribution < -0.4 is 9.47 Å². The van der Waals surface area contributed by atoms with Crippen LogP contribution in [0.2, 0.25) is 0 Å². The second-order valence-corrected chi connectivity index (χ2v) is 4.12. The van der Waals surface area contributed by atoms with Crippen molar-refractivity contribution in [1.29, 1.82) is 0 Å². The fraction of sp³-hybridized carbons (Fsp3) is 0.500. The topological polar surface area (TPSA) is 48.0 Å². The van der Waals surface area contributed by atoms with Gasteiger partial charge in [-0.2, -0.15) is 0 Å². The lowest BCUT2D eigenvalue weighted by Crippen LogP contribution is -2.26. The van der Waals surface area contributed by atoms with Crippen LogP contribution in [0.1, 0.15) is 30.6 Å². The van der Waals surface area contributed by atoms with Crippen LogP contribution in [-0.2, 0) is 4.84 Å². The number of carbonyl (C=O) groups excluding carboxylic acids is 1. The third-order valence-electron chi connectivity index (χ3n) is 2.77. The van der Waals surface area contributed by atoms with Gasteiger partial charge in [0.25, 0.3) is 5.91 Å². The molecular formula is C14H19NO4. The number of nitrogens with zero attached hydrogens (tertiary/aromatic N) is 1. The number of amides is 1. The van der Waals surface area contributed by atoms with E-state index in [0.29, 0.717) is 43.4 Å². The summed E-state index contributed by atoms with van der Waals surface area (Å²) in [6, 6.07) is 5.20. The molecule has 0 aliphatic carbocycles. The van der Waals surface area contributed by atoms with Crippen LogP contribution in [-0.4, -0.2) is 37.3 Å². The molecule has 104 valence electrons. The summed E-state index contributed by atoms with van der Waals surface area (Å²) in [6.07, 6.45) is 0.876. The maximum Gasteiger partial charge on any atom is 0.277 e. The average molecular weight is 265 g/mol. The van der Waals surface area contributed by atoms with Crippen LogP contribution >= 0.6 is 0 Å². The van der Waals surface area contributed by atoms with E-state index in [1.807, 2.05) is 13.8 Å². The maximum atomic E-state index is 12.2. The molecule has 1 aliphatic rings. The molecule has 0 bridgehead atoms. The Hall–Kier alpha value is -1.75. The highest BCUT2D eigenvalue weighted by Crippen LogP contribution is 2.29. The van der Waals surface area contributed by atoms with E-state index in [4.69, 9.17) is 14.3 Å². The summed E-state index contributed by atoms with van der Waals surface area (Å²) < 4.78 is 11.0. The van der Waals surface area contributed by atoms with Crippen molar-refractivity contribution >= 4 is 5.91 Å². The van der Waals surface area contributed by atoms with Gasteiger partial charge >= 0.3 is 0 Å². The molecule has 0 unspecified atom stereocenters. The van der Waals surface area contributed by atoms with E-state index in [9.17, 15) is 4.79 Å². The lowest BCUT2D eigenvalue weighted by molar-refractivity contribution is -0.0768. The summed E-state index contributed by atoms with van der Waals surface area (Å²) in [5, 5.41) is 1.39. The zero-order valence-electron chi connectivity index (χ0n) is 11.3. The molecule has 0 saturated carbocycles. The second kappa shape index (κ2) is 6.43. The van der Waals surface area contributed by atoms with Gasteiger partial charge in [0, 0.05) is 5.56 Å². The van der Waals surface area contributed by atoms with Gasteiger partial charge in [-0.25, -0.2) is 5.06 Å². The van der Waals surface area contributed by atoms with E-state index in [-0.39, 0.29) is 5.91 Å². The highest BCUT2D eigenvalue weighted by atomic mass is 16.7. The molecule has 1 aliphatic heterocycles. The largest absolute Gasteiger partial charge is 0.490 e. The van der Waals surface area contributed by atoms with E-state index < -0.39 is 0 Å². The minimum atomic E-state index is -0.137. The lowest BCUT2D eigenvalue weighted by atomic mass is 10.2. The van der Waals surface area contributed by atoms with E-state index in [1.165, 1.54) is 5.06 Å². The van der Waals surface area contributed by atoms with E-state index in [2.05, 4.69) is 0 Å². The Morgan fingerprint density at radius 1 is 1.26 bits per heavy atom.